The van der Waals surface area contributed by atoms with Gasteiger partial charge in [-0.05, 0) is 33.2 Å². The predicted octanol–water partition coefficient (Wildman–Crippen LogP) is 1.82. The normalized spacial score (nSPS) is 15.1. The van der Waals surface area contributed by atoms with E-state index in [9.17, 15) is 0 Å². The number of nitrogens with zero attached hydrogens (tertiary/aromatic N) is 3. The maximum Gasteiger partial charge on any atom is 0.202 e. The number of hydrogen-bond donors (Lipinski definition) is 1. The molecule has 1 N–H and O–H groups in total. The highest BCUT2D eigenvalue weighted by molar-refractivity contribution is 5.25. The molecule has 1 fully saturated rings. The molecule has 1 aliphatic rings. The Morgan fingerprint density at radius 1 is 1.53 bits per heavy atom. The van der Waals surface area contributed by atoms with Gasteiger partial charge in [-0.3, -0.25) is 0 Å². The summed E-state index contributed by atoms with van der Waals surface area (Å²) in [7, 11) is 2.20. The van der Waals surface area contributed by atoms with Crippen LogP contribution in [0.15, 0.2) is 12.4 Å². The molecule has 5 heteroatoms. The number of likely N-dealkylation sites (N-methyl/N-ethyl adjacent to an activating group) is 1. The van der Waals surface area contributed by atoms with Crippen LogP contribution in [0.1, 0.15) is 26.2 Å². The van der Waals surface area contributed by atoms with E-state index < -0.39 is 0 Å². The van der Waals surface area contributed by atoms with Crippen molar-refractivity contribution in [3.05, 3.63) is 12.4 Å². The molecule has 1 heterocycles. The molecule has 2 rings (SSSR count). The molecule has 5 nitrogen and oxygen atoms in total. The molecule has 0 radical (unpaired) electrons. The maximum atomic E-state index is 5.36. The van der Waals surface area contributed by atoms with Crippen molar-refractivity contribution in [2.45, 2.75) is 38.8 Å². The van der Waals surface area contributed by atoms with Crippen LogP contribution in [0, 0.1) is 0 Å². The fourth-order valence-electron chi connectivity index (χ4n) is 2.18. The first-order chi connectivity index (χ1) is 9.31. The molecule has 0 bridgehead atoms. The lowest BCUT2D eigenvalue weighted by molar-refractivity contribution is 0.142. The molecule has 19 heavy (non-hydrogen) atoms. The molecule has 1 saturated carbocycles. The average molecular weight is 266 g/mol. The quantitative estimate of drug-likeness (QED) is 0.656. The second-order valence-electron chi connectivity index (χ2n) is 5.13. The van der Waals surface area contributed by atoms with E-state index in [4.69, 9.17) is 4.74 Å². The third kappa shape index (κ3) is 4.84. The van der Waals surface area contributed by atoms with E-state index in [1.54, 1.807) is 0 Å². The number of hydrogen-bond acceptors (Lipinski definition) is 4. The monoisotopic (exact) mass is 266 g/mol. The van der Waals surface area contributed by atoms with Crippen molar-refractivity contribution in [1.29, 1.82) is 0 Å². The van der Waals surface area contributed by atoms with Crippen molar-refractivity contribution >= 4 is 5.95 Å². The number of rotatable bonds is 10. The van der Waals surface area contributed by atoms with Crippen molar-refractivity contribution in [2.75, 3.05) is 38.7 Å². The Morgan fingerprint density at radius 3 is 3.11 bits per heavy atom. The van der Waals surface area contributed by atoms with Crippen LogP contribution in [0.5, 0.6) is 0 Å². The third-order valence-electron chi connectivity index (χ3n) is 3.53. The van der Waals surface area contributed by atoms with Crippen LogP contribution in [-0.2, 0) is 11.3 Å². The first-order valence-electron chi connectivity index (χ1n) is 7.34. The summed E-state index contributed by atoms with van der Waals surface area (Å²) < 4.78 is 7.52. The molecule has 0 amide bonds. The summed E-state index contributed by atoms with van der Waals surface area (Å²) in [4.78, 5) is 6.79. The summed E-state index contributed by atoms with van der Waals surface area (Å²) in [6.45, 7) is 6.63. The smallest absolute Gasteiger partial charge is 0.202 e. The molecule has 0 saturated heterocycles. The second-order valence-corrected chi connectivity index (χ2v) is 5.13. The highest BCUT2D eigenvalue weighted by Crippen LogP contribution is 2.24. The van der Waals surface area contributed by atoms with Gasteiger partial charge in [0.25, 0.3) is 0 Å². The first-order valence-corrected chi connectivity index (χ1v) is 7.34. The van der Waals surface area contributed by atoms with Crippen LogP contribution in [-0.4, -0.2) is 53.8 Å². The van der Waals surface area contributed by atoms with Gasteiger partial charge in [-0.25, -0.2) is 4.98 Å². The van der Waals surface area contributed by atoms with Crippen molar-refractivity contribution in [3.63, 3.8) is 0 Å². The lowest BCUT2D eigenvalue weighted by atomic mass is 10.4. The van der Waals surface area contributed by atoms with Crippen LogP contribution in [0.2, 0.25) is 0 Å². The number of aromatic nitrogens is 2. The summed E-state index contributed by atoms with van der Waals surface area (Å²) in [5.41, 5.74) is 0. The molecule has 0 atom stereocenters. The Morgan fingerprint density at radius 2 is 2.37 bits per heavy atom. The molecular weight excluding hydrogens is 240 g/mol. The van der Waals surface area contributed by atoms with Crippen LogP contribution < -0.4 is 5.32 Å². The van der Waals surface area contributed by atoms with E-state index in [0.717, 1.165) is 51.3 Å². The van der Waals surface area contributed by atoms with Crippen LogP contribution in [0.4, 0.5) is 5.95 Å². The summed E-state index contributed by atoms with van der Waals surface area (Å²) in [5, 5.41) is 3.42. The maximum absolute atomic E-state index is 5.36. The number of anilines is 1. The molecule has 0 aromatic carbocycles. The van der Waals surface area contributed by atoms with Crippen molar-refractivity contribution in [2.24, 2.45) is 0 Å². The number of ether oxygens (including phenoxy) is 1. The molecule has 0 aliphatic heterocycles. The molecular formula is C14H26N4O. The van der Waals surface area contributed by atoms with Gasteiger partial charge in [-0.1, -0.05) is 0 Å². The van der Waals surface area contributed by atoms with Crippen LogP contribution in [0.25, 0.3) is 0 Å². The zero-order chi connectivity index (χ0) is 13.5. The molecule has 0 unspecified atom stereocenters. The number of imidazole rings is 1. The second kappa shape index (κ2) is 7.50. The Balaban J connectivity index is 1.66. The Kier molecular flexibility index (Phi) is 5.66. The van der Waals surface area contributed by atoms with Gasteiger partial charge in [0, 0.05) is 51.3 Å². The topological polar surface area (TPSA) is 42.3 Å². The molecule has 108 valence electrons. The standard InChI is InChI=1S/C14H26N4O/c1-3-19-12-4-9-18-11-8-16-14(18)15-7-10-17(2)13-5-6-13/h8,11,13H,3-7,9-10,12H2,1-2H3,(H,15,16). The largest absolute Gasteiger partial charge is 0.382 e. The Labute approximate surface area is 116 Å². The van der Waals surface area contributed by atoms with E-state index in [0.29, 0.717) is 0 Å². The summed E-state index contributed by atoms with van der Waals surface area (Å²) in [6.07, 6.45) is 7.64. The van der Waals surface area contributed by atoms with E-state index in [-0.39, 0.29) is 0 Å². The summed E-state index contributed by atoms with van der Waals surface area (Å²) in [6, 6.07) is 0.827. The van der Waals surface area contributed by atoms with Crippen molar-refractivity contribution in [1.82, 2.24) is 14.5 Å². The van der Waals surface area contributed by atoms with E-state index in [1.807, 2.05) is 19.3 Å². The Bertz CT molecular complexity index is 362. The van der Waals surface area contributed by atoms with Crippen molar-refractivity contribution < 1.29 is 4.74 Å². The highest BCUT2D eigenvalue weighted by atomic mass is 16.5. The third-order valence-corrected chi connectivity index (χ3v) is 3.53. The SMILES string of the molecule is CCOCCCn1ccnc1NCCN(C)C1CC1. The minimum absolute atomic E-state index is 0.794. The van der Waals surface area contributed by atoms with Gasteiger partial charge in [0.1, 0.15) is 0 Å². The zero-order valence-corrected chi connectivity index (χ0v) is 12.1. The van der Waals surface area contributed by atoms with Gasteiger partial charge in [0.2, 0.25) is 5.95 Å². The van der Waals surface area contributed by atoms with E-state index >= 15 is 0 Å². The average Bonchev–Trinajstić information content (AvgIpc) is 3.17. The molecule has 1 aliphatic carbocycles. The Hall–Kier alpha value is -1.07. The zero-order valence-electron chi connectivity index (χ0n) is 12.1. The van der Waals surface area contributed by atoms with E-state index in [1.165, 1.54) is 12.8 Å². The van der Waals surface area contributed by atoms with Gasteiger partial charge < -0.3 is 19.5 Å². The van der Waals surface area contributed by atoms with Crippen LogP contribution in [0.3, 0.4) is 0 Å². The minimum Gasteiger partial charge on any atom is -0.382 e. The van der Waals surface area contributed by atoms with Crippen molar-refractivity contribution in [3.8, 4) is 0 Å². The van der Waals surface area contributed by atoms with E-state index in [2.05, 4.69) is 26.8 Å². The minimum atomic E-state index is 0.794. The van der Waals surface area contributed by atoms with Gasteiger partial charge in [-0.2, -0.15) is 0 Å². The molecule has 1 aromatic heterocycles. The number of nitrogens with one attached hydrogen (secondary N) is 1. The fraction of sp³-hybridized carbons (Fsp3) is 0.786. The summed E-state index contributed by atoms with van der Waals surface area (Å²) >= 11 is 0. The molecule has 1 aromatic rings. The van der Waals surface area contributed by atoms with Crippen LogP contribution >= 0.6 is 0 Å². The van der Waals surface area contributed by atoms with Gasteiger partial charge >= 0.3 is 0 Å². The summed E-state index contributed by atoms with van der Waals surface area (Å²) in [5.74, 6) is 0.973. The predicted molar refractivity (Wildman–Crippen MR) is 77.5 cm³/mol. The highest BCUT2D eigenvalue weighted by Gasteiger charge is 2.25. The fourth-order valence-corrected chi connectivity index (χ4v) is 2.18. The van der Waals surface area contributed by atoms with Gasteiger partial charge in [0.15, 0.2) is 0 Å². The lowest BCUT2D eigenvalue weighted by Gasteiger charge is -2.16. The number of aryl methyl sites for hydroxylation is 1. The first kappa shape index (κ1) is 14.3. The lowest BCUT2D eigenvalue weighted by Crippen LogP contribution is -2.27. The van der Waals surface area contributed by atoms with Gasteiger partial charge in [-0.15, -0.1) is 0 Å². The van der Waals surface area contributed by atoms with Gasteiger partial charge in [0.05, 0.1) is 0 Å². The molecule has 0 spiro atoms.